The summed E-state index contributed by atoms with van der Waals surface area (Å²) in [6, 6.07) is 10.0. The van der Waals surface area contributed by atoms with Crippen molar-refractivity contribution < 1.29 is 32.2 Å². The van der Waals surface area contributed by atoms with Crippen molar-refractivity contribution in [1.82, 2.24) is 9.88 Å². The van der Waals surface area contributed by atoms with Crippen LogP contribution in [0, 0.1) is 0 Å². The number of halogens is 3. The number of fused-ring (bicyclic) bond motifs is 3. The lowest BCUT2D eigenvalue weighted by molar-refractivity contribution is -0.274. The lowest BCUT2D eigenvalue weighted by atomic mass is 10.0. The number of carbonyl (C=O) groups is 2. The molecular formula is C23H20F3N3O4. The highest BCUT2D eigenvalue weighted by Crippen LogP contribution is 2.34. The number of anilines is 1. The van der Waals surface area contributed by atoms with Crippen LogP contribution in [0.4, 0.5) is 18.9 Å². The van der Waals surface area contributed by atoms with Gasteiger partial charge in [-0.25, -0.2) is 4.90 Å². The van der Waals surface area contributed by atoms with E-state index in [2.05, 4.69) is 9.72 Å². The van der Waals surface area contributed by atoms with E-state index in [1.54, 1.807) is 7.11 Å². The number of alkyl halides is 3. The Bertz CT molecular complexity index is 1250. The molecule has 2 amide bonds. The predicted molar refractivity (Wildman–Crippen MR) is 113 cm³/mol. The van der Waals surface area contributed by atoms with Crippen molar-refractivity contribution in [3.63, 3.8) is 0 Å². The first-order chi connectivity index (χ1) is 15.7. The summed E-state index contributed by atoms with van der Waals surface area (Å²) in [6.07, 6.45) is -4.21. The minimum Gasteiger partial charge on any atom is -0.497 e. The fourth-order valence-electron chi connectivity index (χ4n) is 4.63. The Kier molecular flexibility index (Phi) is 5.04. The molecule has 3 aromatic rings. The van der Waals surface area contributed by atoms with Crippen molar-refractivity contribution in [1.29, 1.82) is 0 Å². The molecule has 10 heteroatoms. The van der Waals surface area contributed by atoms with E-state index in [1.807, 2.05) is 23.1 Å². The SMILES string of the molecule is COc1ccc2[nH]c3c(c2c1)CCN(C1CC(=O)N(c2cccc(OC(F)(F)F)c2)C1=O)C3. The number of aromatic amines is 1. The van der Waals surface area contributed by atoms with Crippen molar-refractivity contribution in [3.05, 3.63) is 53.7 Å². The molecule has 33 heavy (non-hydrogen) atoms. The summed E-state index contributed by atoms with van der Waals surface area (Å²) in [4.78, 5) is 32.1. The van der Waals surface area contributed by atoms with Gasteiger partial charge in [-0.05, 0) is 42.3 Å². The second-order valence-corrected chi connectivity index (χ2v) is 8.05. The van der Waals surface area contributed by atoms with E-state index in [4.69, 9.17) is 4.74 Å². The molecule has 1 N–H and O–H groups in total. The van der Waals surface area contributed by atoms with Crippen molar-refractivity contribution in [2.24, 2.45) is 0 Å². The molecule has 1 aromatic heterocycles. The van der Waals surface area contributed by atoms with Crippen molar-refractivity contribution >= 4 is 28.4 Å². The van der Waals surface area contributed by atoms with E-state index in [1.165, 1.54) is 12.1 Å². The van der Waals surface area contributed by atoms with Gasteiger partial charge in [-0.1, -0.05) is 6.07 Å². The summed E-state index contributed by atoms with van der Waals surface area (Å²) >= 11 is 0. The second-order valence-electron chi connectivity index (χ2n) is 8.05. The third kappa shape index (κ3) is 3.91. The van der Waals surface area contributed by atoms with E-state index in [0.29, 0.717) is 19.5 Å². The third-order valence-electron chi connectivity index (χ3n) is 6.08. The molecule has 172 valence electrons. The number of amides is 2. The topological polar surface area (TPSA) is 74.9 Å². The number of nitrogens with one attached hydrogen (secondary N) is 1. The van der Waals surface area contributed by atoms with Crippen LogP contribution in [0.15, 0.2) is 42.5 Å². The van der Waals surface area contributed by atoms with Gasteiger partial charge < -0.3 is 14.5 Å². The van der Waals surface area contributed by atoms with Crippen LogP contribution in [0.3, 0.4) is 0 Å². The summed E-state index contributed by atoms with van der Waals surface area (Å²) in [5, 5.41) is 1.07. The molecule has 1 atom stereocenters. The minimum absolute atomic E-state index is 0.0351. The van der Waals surface area contributed by atoms with E-state index in [0.717, 1.165) is 44.9 Å². The molecular weight excluding hydrogens is 439 g/mol. The number of methoxy groups -OCH3 is 1. The van der Waals surface area contributed by atoms with Gasteiger partial charge in [0.05, 0.1) is 25.3 Å². The average Bonchev–Trinajstić information content (AvgIpc) is 3.28. The van der Waals surface area contributed by atoms with Crippen LogP contribution < -0.4 is 14.4 Å². The lowest BCUT2D eigenvalue weighted by Crippen LogP contribution is -2.44. The zero-order chi connectivity index (χ0) is 23.3. The summed E-state index contributed by atoms with van der Waals surface area (Å²) in [5.41, 5.74) is 3.17. The zero-order valence-electron chi connectivity index (χ0n) is 17.6. The molecule has 1 unspecified atom stereocenters. The van der Waals surface area contributed by atoms with E-state index in [-0.39, 0.29) is 12.1 Å². The van der Waals surface area contributed by atoms with Gasteiger partial charge in [0, 0.05) is 35.8 Å². The summed E-state index contributed by atoms with van der Waals surface area (Å²) in [7, 11) is 1.61. The number of benzene rings is 2. The fraction of sp³-hybridized carbons (Fsp3) is 0.304. The highest BCUT2D eigenvalue weighted by molar-refractivity contribution is 6.22. The quantitative estimate of drug-likeness (QED) is 0.602. The number of hydrogen-bond acceptors (Lipinski definition) is 5. The maximum atomic E-state index is 13.2. The Morgan fingerprint density at radius 1 is 1.09 bits per heavy atom. The third-order valence-corrected chi connectivity index (χ3v) is 6.08. The number of rotatable bonds is 4. The van der Waals surface area contributed by atoms with E-state index >= 15 is 0 Å². The number of aromatic nitrogens is 1. The first-order valence-corrected chi connectivity index (χ1v) is 10.4. The summed E-state index contributed by atoms with van der Waals surface area (Å²) in [5.74, 6) is -0.637. The van der Waals surface area contributed by atoms with Gasteiger partial charge in [0.15, 0.2) is 0 Å². The number of ether oxygens (including phenoxy) is 2. The maximum Gasteiger partial charge on any atom is 0.573 e. The van der Waals surface area contributed by atoms with Crippen molar-refractivity contribution in [3.8, 4) is 11.5 Å². The van der Waals surface area contributed by atoms with E-state index < -0.39 is 30.0 Å². The number of carbonyl (C=O) groups excluding carboxylic acids is 2. The Balaban J connectivity index is 1.37. The monoisotopic (exact) mass is 459 g/mol. The number of nitrogens with zero attached hydrogens (tertiary/aromatic N) is 2. The second kappa shape index (κ2) is 7.80. The van der Waals surface area contributed by atoms with Gasteiger partial charge in [0.1, 0.15) is 11.5 Å². The molecule has 0 radical (unpaired) electrons. The normalized spacial score (nSPS) is 19.3. The Morgan fingerprint density at radius 3 is 2.67 bits per heavy atom. The smallest absolute Gasteiger partial charge is 0.497 e. The number of hydrogen-bond donors (Lipinski definition) is 1. The maximum absolute atomic E-state index is 13.2. The first-order valence-electron chi connectivity index (χ1n) is 10.4. The molecule has 0 spiro atoms. The molecule has 2 aliphatic rings. The Labute approximate surface area is 186 Å². The molecule has 2 aromatic carbocycles. The molecule has 0 bridgehead atoms. The van der Waals surface area contributed by atoms with E-state index in [9.17, 15) is 22.8 Å². The molecule has 3 heterocycles. The van der Waals surface area contributed by atoms with Crippen LogP contribution in [-0.4, -0.2) is 47.8 Å². The molecule has 1 fully saturated rings. The highest BCUT2D eigenvalue weighted by atomic mass is 19.4. The average molecular weight is 459 g/mol. The molecule has 7 nitrogen and oxygen atoms in total. The highest BCUT2D eigenvalue weighted by Gasteiger charge is 2.44. The van der Waals surface area contributed by atoms with Crippen LogP contribution >= 0.6 is 0 Å². The molecule has 2 aliphatic heterocycles. The van der Waals surface area contributed by atoms with Gasteiger partial charge in [0.2, 0.25) is 5.91 Å². The van der Waals surface area contributed by atoms with Crippen LogP contribution in [0.1, 0.15) is 17.7 Å². The summed E-state index contributed by atoms with van der Waals surface area (Å²) in [6.45, 7) is 1.03. The minimum atomic E-state index is -4.87. The zero-order valence-corrected chi connectivity index (χ0v) is 17.6. The van der Waals surface area contributed by atoms with Crippen LogP contribution in [-0.2, 0) is 22.6 Å². The van der Waals surface area contributed by atoms with Crippen LogP contribution in [0.5, 0.6) is 11.5 Å². The Morgan fingerprint density at radius 2 is 1.91 bits per heavy atom. The molecule has 5 rings (SSSR count). The first kappa shape index (κ1) is 21.3. The predicted octanol–water partition coefficient (Wildman–Crippen LogP) is 3.77. The van der Waals surface area contributed by atoms with Crippen molar-refractivity contribution in [2.45, 2.75) is 31.8 Å². The van der Waals surface area contributed by atoms with Crippen LogP contribution in [0.2, 0.25) is 0 Å². The molecule has 0 saturated carbocycles. The summed E-state index contributed by atoms with van der Waals surface area (Å²) < 4.78 is 46.9. The lowest BCUT2D eigenvalue weighted by Gasteiger charge is -2.30. The van der Waals surface area contributed by atoms with Crippen molar-refractivity contribution in [2.75, 3.05) is 18.6 Å². The van der Waals surface area contributed by atoms with Crippen LogP contribution in [0.25, 0.3) is 10.9 Å². The number of imide groups is 1. The van der Waals surface area contributed by atoms with Gasteiger partial charge in [0.25, 0.3) is 5.91 Å². The fourth-order valence-corrected chi connectivity index (χ4v) is 4.63. The van der Waals surface area contributed by atoms with Gasteiger partial charge in [-0.15, -0.1) is 13.2 Å². The van der Waals surface area contributed by atoms with Gasteiger partial charge in [-0.3, -0.25) is 14.5 Å². The molecule has 1 saturated heterocycles. The Hall–Kier alpha value is -3.53. The molecule has 0 aliphatic carbocycles. The largest absolute Gasteiger partial charge is 0.573 e. The van der Waals surface area contributed by atoms with Gasteiger partial charge in [-0.2, -0.15) is 0 Å². The standard InChI is InChI=1S/C23H20F3N3O4/c1-32-14-5-6-18-17(10-14)16-7-8-28(12-19(16)27-18)20-11-21(30)29(22(20)31)13-3-2-4-15(9-13)33-23(24,25)26/h2-6,9-10,20,27H,7-8,11-12H2,1H3. The number of H-pyrrole nitrogens is 1. The van der Waals surface area contributed by atoms with Gasteiger partial charge >= 0.3 is 6.36 Å².